The predicted octanol–water partition coefficient (Wildman–Crippen LogP) is 2.07. The molecule has 4 heteroatoms. The first-order valence-corrected chi connectivity index (χ1v) is 5.84. The molecule has 0 aliphatic heterocycles. The minimum atomic E-state index is -0.0144. The third-order valence-electron chi connectivity index (χ3n) is 2.95. The van der Waals surface area contributed by atoms with E-state index in [0.29, 0.717) is 5.56 Å². The lowest BCUT2D eigenvalue weighted by Crippen LogP contribution is -2.25. The van der Waals surface area contributed by atoms with Gasteiger partial charge in [-0.1, -0.05) is 12.1 Å². The van der Waals surface area contributed by atoms with Crippen LogP contribution < -0.4 is 11.3 Å². The number of hydrogen-bond acceptors (Lipinski definition) is 2. The van der Waals surface area contributed by atoms with Gasteiger partial charge in [-0.25, -0.2) is 0 Å². The van der Waals surface area contributed by atoms with Crippen LogP contribution in [0.15, 0.2) is 27.5 Å². The Balaban J connectivity index is 3.08. The molecule has 1 aromatic heterocycles. The van der Waals surface area contributed by atoms with Gasteiger partial charge in [-0.05, 0) is 34.5 Å². The molecule has 0 aliphatic rings. The highest BCUT2D eigenvalue weighted by atomic mass is 79.9. The van der Waals surface area contributed by atoms with Gasteiger partial charge in [0.05, 0.1) is 5.52 Å². The van der Waals surface area contributed by atoms with Crippen molar-refractivity contribution >= 4 is 26.8 Å². The van der Waals surface area contributed by atoms with Crippen LogP contribution in [0.25, 0.3) is 10.9 Å². The number of nitrogens with two attached hydrogens (primary N) is 1. The van der Waals surface area contributed by atoms with Crippen molar-refractivity contribution in [3.63, 3.8) is 0 Å². The van der Waals surface area contributed by atoms with Gasteiger partial charge >= 0.3 is 0 Å². The van der Waals surface area contributed by atoms with Crippen LogP contribution in [0.2, 0.25) is 0 Å². The van der Waals surface area contributed by atoms with E-state index in [1.807, 2.05) is 25.1 Å². The molecule has 0 spiro atoms. The standard InChI is InChI=1S/C12H13BrN2O/c1-7-8-4-3-5-10(13)11(8)15(2)12(16)9(7)6-14/h3-5H,6,14H2,1-2H3. The highest BCUT2D eigenvalue weighted by Crippen LogP contribution is 2.25. The molecule has 2 rings (SSSR count). The van der Waals surface area contributed by atoms with Crippen molar-refractivity contribution in [2.75, 3.05) is 0 Å². The molecule has 0 saturated carbocycles. The van der Waals surface area contributed by atoms with E-state index in [2.05, 4.69) is 15.9 Å². The summed E-state index contributed by atoms with van der Waals surface area (Å²) in [5.41, 5.74) is 8.19. The summed E-state index contributed by atoms with van der Waals surface area (Å²) in [4.78, 5) is 12.0. The largest absolute Gasteiger partial charge is 0.326 e. The molecular weight excluding hydrogens is 268 g/mol. The fourth-order valence-corrected chi connectivity index (χ4v) is 2.66. The first-order valence-electron chi connectivity index (χ1n) is 5.04. The maximum Gasteiger partial charge on any atom is 0.255 e. The molecule has 2 aromatic rings. The molecule has 2 N–H and O–H groups in total. The number of pyridine rings is 1. The quantitative estimate of drug-likeness (QED) is 0.869. The molecular formula is C12H13BrN2O. The summed E-state index contributed by atoms with van der Waals surface area (Å²) in [6.07, 6.45) is 0. The van der Waals surface area contributed by atoms with E-state index in [1.54, 1.807) is 11.6 Å². The third-order valence-corrected chi connectivity index (χ3v) is 3.59. The Bertz CT molecular complexity index is 616. The summed E-state index contributed by atoms with van der Waals surface area (Å²) in [6, 6.07) is 5.90. The number of benzene rings is 1. The van der Waals surface area contributed by atoms with E-state index in [4.69, 9.17) is 5.73 Å². The fraction of sp³-hybridized carbons (Fsp3) is 0.250. The molecule has 0 saturated heterocycles. The topological polar surface area (TPSA) is 48.0 Å². The van der Waals surface area contributed by atoms with Gasteiger partial charge in [0.2, 0.25) is 0 Å². The summed E-state index contributed by atoms with van der Waals surface area (Å²) in [7, 11) is 1.77. The Morgan fingerprint density at radius 3 is 2.75 bits per heavy atom. The summed E-state index contributed by atoms with van der Waals surface area (Å²) in [6.45, 7) is 2.22. The van der Waals surface area contributed by atoms with E-state index in [-0.39, 0.29) is 12.1 Å². The summed E-state index contributed by atoms with van der Waals surface area (Å²) >= 11 is 3.47. The van der Waals surface area contributed by atoms with Gasteiger partial charge in [0.1, 0.15) is 0 Å². The van der Waals surface area contributed by atoms with Gasteiger partial charge in [-0.3, -0.25) is 4.79 Å². The SMILES string of the molecule is Cc1c(CN)c(=O)n(C)c2c(Br)cccc12. The summed E-state index contributed by atoms with van der Waals surface area (Å²) < 4.78 is 2.57. The van der Waals surface area contributed by atoms with E-state index < -0.39 is 0 Å². The van der Waals surface area contributed by atoms with Crippen molar-refractivity contribution in [2.45, 2.75) is 13.5 Å². The average molecular weight is 281 g/mol. The summed E-state index contributed by atoms with van der Waals surface area (Å²) in [5.74, 6) is 0. The Morgan fingerprint density at radius 2 is 2.12 bits per heavy atom. The van der Waals surface area contributed by atoms with Gasteiger partial charge in [0.25, 0.3) is 5.56 Å². The van der Waals surface area contributed by atoms with Crippen molar-refractivity contribution in [3.8, 4) is 0 Å². The van der Waals surface area contributed by atoms with Gasteiger partial charge in [0, 0.05) is 29.0 Å². The maximum atomic E-state index is 12.0. The highest BCUT2D eigenvalue weighted by Gasteiger charge is 2.12. The molecule has 0 unspecified atom stereocenters. The maximum absolute atomic E-state index is 12.0. The lowest BCUT2D eigenvalue weighted by molar-refractivity contribution is 0.861. The van der Waals surface area contributed by atoms with Crippen LogP contribution >= 0.6 is 15.9 Å². The first kappa shape index (κ1) is 11.4. The molecule has 0 amide bonds. The predicted molar refractivity (Wildman–Crippen MR) is 69.5 cm³/mol. The number of hydrogen-bond donors (Lipinski definition) is 1. The zero-order valence-electron chi connectivity index (χ0n) is 9.25. The van der Waals surface area contributed by atoms with E-state index in [0.717, 1.165) is 20.9 Å². The molecule has 0 aliphatic carbocycles. The van der Waals surface area contributed by atoms with E-state index in [1.165, 1.54) is 0 Å². The van der Waals surface area contributed by atoms with Gasteiger partial charge in [-0.2, -0.15) is 0 Å². The average Bonchev–Trinajstić information content (AvgIpc) is 2.27. The first-order chi connectivity index (χ1) is 7.57. The number of para-hydroxylation sites is 1. The van der Waals surface area contributed by atoms with Crippen molar-refractivity contribution in [2.24, 2.45) is 12.8 Å². The number of aryl methyl sites for hydroxylation is 2. The minimum Gasteiger partial charge on any atom is -0.326 e. The second kappa shape index (κ2) is 4.03. The third kappa shape index (κ3) is 1.49. The summed E-state index contributed by atoms with van der Waals surface area (Å²) in [5, 5.41) is 1.07. The van der Waals surface area contributed by atoms with Crippen LogP contribution in [0, 0.1) is 6.92 Å². The number of aromatic nitrogens is 1. The molecule has 1 heterocycles. The van der Waals surface area contributed by atoms with Crippen molar-refractivity contribution in [3.05, 3.63) is 44.2 Å². The lowest BCUT2D eigenvalue weighted by Gasteiger charge is -2.12. The zero-order chi connectivity index (χ0) is 11.9. The van der Waals surface area contributed by atoms with E-state index >= 15 is 0 Å². The Morgan fingerprint density at radius 1 is 1.44 bits per heavy atom. The van der Waals surface area contributed by atoms with Crippen LogP contribution in [0.3, 0.4) is 0 Å². The van der Waals surface area contributed by atoms with Crippen LogP contribution in [-0.4, -0.2) is 4.57 Å². The van der Waals surface area contributed by atoms with E-state index in [9.17, 15) is 4.79 Å². The number of fused-ring (bicyclic) bond motifs is 1. The Labute approximate surface area is 102 Å². The molecule has 84 valence electrons. The Kier molecular flexibility index (Phi) is 2.86. The van der Waals surface area contributed by atoms with Gasteiger partial charge in [-0.15, -0.1) is 0 Å². The van der Waals surface area contributed by atoms with Gasteiger partial charge < -0.3 is 10.3 Å². The molecule has 0 bridgehead atoms. The monoisotopic (exact) mass is 280 g/mol. The number of nitrogens with zero attached hydrogens (tertiary/aromatic N) is 1. The molecule has 0 atom stereocenters. The molecule has 1 aromatic carbocycles. The molecule has 16 heavy (non-hydrogen) atoms. The number of halogens is 1. The fourth-order valence-electron chi connectivity index (χ4n) is 2.03. The second-order valence-electron chi connectivity index (χ2n) is 3.81. The second-order valence-corrected chi connectivity index (χ2v) is 4.66. The van der Waals surface area contributed by atoms with Crippen LogP contribution in [-0.2, 0) is 13.6 Å². The molecule has 0 fully saturated rings. The van der Waals surface area contributed by atoms with Crippen molar-refractivity contribution in [1.29, 1.82) is 0 Å². The minimum absolute atomic E-state index is 0.0144. The molecule has 0 radical (unpaired) electrons. The van der Waals surface area contributed by atoms with Crippen LogP contribution in [0.4, 0.5) is 0 Å². The van der Waals surface area contributed by atoms with Gasteiger partial charge in [0.15, 0.2) is 0 Å². The van der Waals surface area contributed by atoms with Crippen LogP contribution in [0.5, 0.6) is 0 Å². The highest BCUT2D eigenvalue weighted by molar-refractivity contribution is 9.10. The Hall–Kier alpha value is -1.13. The smallest absolute Gasteiger partial charge is 0.255 e. The number of rotatable bonds is 1. The lowest BCUT2D eigenvalue weighted by atomic mass is 10.0. The zero-order valence-corrected chi connectivity index (χ0v) is 10.8. The van der Waals surface area contributed by atoms with Crippen molar-refractivity contribution < 1.29 is 0 Å². The van der Waals surface area contributed by atoms with Crippen molar-refractivity contribution in [1.82, 2.24) is 4.57 Å². The van der Waals surface area contributed by atoms with Crippen LogP contribution in [0.1, 0.15) is 11.1 Å². The molecule has 3 nitrogen and oxygen atoms in total. The normalized spacial score (nSPS) is 11.0.